The Hall–Kier alpha value is -1.01. The van der Waals surface area contributed by atoms with E-state index < -0.39 is 0 Å². The molecule has 1 aromatic rings. The van der Waals surface area contributed by atoms with Gasteiger partial charge >= 0.3 is 0 Å². The number of thioether (sulfide) groups is 1. The zero-order valence-electron chi connectivity index (χ0n) is 11.3. The van der Waals surface area contributed by atoms with E-state index in [9.17, 15) is 9.59 Å². The van der Waals surface area contributed by atoms with Gasteiger partial charge in [-0.1, -0.05) is 35.0 Å². The van der Waals surface area contributed by atoms with Gasteiger partial charge in [0.1, 0.15) is 6.54 Å². The molecule has 1 saturated heterocycles. The minimum Gasteiger partial charge on any atom is -0.348 e. The molecule has 4 nitrogen and oxygen atoms in total. The predicted molar refractivity (Wildman–Crippen MR) is 84.4 cm³/mol. The monoisotopic (exact) mass is 356 g/mol. The van der Waals surface area contributed by atoms with Gasteiger partial charge in [0, 0.05) is 4.47 Å². The van der Waals surface area contributed by atoms with Gasteiger partial charge in [0.15, 0.2) is 0 Å². The Balaban J connectivity index is 1.94. The number of carbonyl (C=O) groups is 2. The third-order valence-corrected chi connectivity index (χ3v) is 4.65. The van der Waals surface area contributed by atoms with Gasteiger partial charge in [-0.3, -0.25) is 9.59 Å². The van der Waals surface area contributed by atoms with Gasteiger partial charge in [0.05, 0.1) is 17.7 Å². The number of hydrogen-bond donors (Lipinski definition) is 1. The summed E-state index contributed by atoms with van der Waals surface area (Å²) in [4.78, 5) is 25.1. The van der Waals surface area contributed by atoms with Crippen LogP contribution in [0.2, 0.25) is 0 Å². The molecule has 0 aromatic heterocycles. The summed E-state index contributed by atoms with van der Waals surface area (Å²) in [5.41, 5.74) is 1.08. The van der Waals surface area contributed by atoms with Gasteiger partial charge in [-0.15, -0.1) is 11.8 Å². The number of halogens is 1. The molecule has 2 rings (SSSR count). The van der Waals surface area contributed by atoms with Crippen molar-refractivity contribution in [2.75, 3.05) is 18.2 Å². The van der Waals surface area contributed by atoms with Crippen LogP contribution in [-0.4, -0.2) is 34.9 Å². The van der Waals surface area contributed by atoms with Crippen LogP contribution >= 0.6 is 27.7 Å². The van der Waals surface area contributed by atoms with Gasteiger partial charge in [0.25, 0.3) is 0 Å². The normalized spacial score (nSPS) is 16.3. The molecule has 0 aliphatic carbocycles. The van der Waals surface area contributed by atoms with E-state index in [4.69, 9.17) is 0 Å². The van der Waals surface area contributed by atoms with Gasteiger partial charge in [-0.25, -0.2) is 0 Å². The van der Waals surface area contributed by atoms with Crippen LogP contribution in [0.1, 0.15) is 24.9 Å². The second-order valence-corrected chi connectivity index (χ2v) is 6.52. The molecular formula is C14H17BrN2O2S. The third kappa shape index (κ3) is 3.99. The summed E-state index contributed by atoms with van der Waals surface area (Å²) < 4.78 is 1.02. The molecule has 1 N–H and O–H groups in total. The fourth-order valence-electron chi connectivity index (χ4n) is 2.07. The second kappa shape index (κ2) is 7.13. The van der Waals surface area contributed by atoms with Gasteiger partial charge in [-0.05, 0) is 24.1 Å². The molecule has 1 aromatic carbocycles. The summed E-state index contributed by atoms with van der Waals surface area (Å²) in [5.74, 6) is 1.04. The fraction of sp³-hybridized carbons (Fsp3) is 0.429. The standard InChI is InChI=1S/C14H17BrN2O2S/c1-2-12(10-3-5-11(15)6-4-10)16-13(18)7-17-9-20-8-14(17)19/h3-6,12H,2,7-9H2,1H3,(H,16,18). The van der Waals surface area contributed by atoms with Gasteiger partial charge in [-0.2, -0.15) is 0 Å². The molecule has 2 amide bonds. The molecule has 20 heavy (non-hydrogen) atoms. The predicted octanol–water partition coefficient (Wildman–Crippen LogP) is 2.55. The lowest BCUT2D eigenvalue weighted by Gasteiger charge is -2.20. The van der Waals surface area contributed by atoms with E-state index in [1.807, 2.05) is 31.2 Å². The summed E-state index contributed by atoms with van der Waals surface area (Å²) in [6.45, 7) is 2.18. The van der Waals surface area contributed by atoms with Crippen molar-refractivity contribution in [3.63, 3.8) is 0 Å². The summed E-state index contributed by atoms with van der Waals surface area (Å²) >= 11 is 4.94. The molecule has 1 heterocycles. The molecule has 1 aliphatic heterocycles. The first kappa shape index (κ1) is 15.4. The number of nitrogens with one attached hydrogen (secondary N) is 1. The first-order valence-corrected chi connectivity index (χ1v) is 8.45. The first-order valence-electron chi connectivity index (χ1n) is 6.50. The minimum absolute atomic E-state index is 0.0130. The Morgan fingerprint density at radius 2 is 2.15 bits per heavy atom. The Morgan fingerprint density at radius 3 is 2.70 bits per heavy atom. The number of hydrogen-bond acceptors (Lipinski definition) is 3. The maximum atomic E-state index is 12.0. The first-order chi connectivity index (χ1) is 9.60. The summed E-state index contributed by atoms with van der Waals surface area (Å²) in [6, 6.07) is 7.90. The number of nitrogens with zero attached hydrogens (tertiary/aromatic N) is 1. The van der Waals surface area contributed by atoms with Crippen molar-refractivity contribution in [1.82, 2.24) is 10.2 Å². The van der Waals surface area contributed by atoms with Crippen LogP contribution in [0.5, 0.6) is 0 Å². The lowest BCUT2D eigenvalue weighted by molar-refractivity contribution is -0.132. The average molecular weight is 357 g/mol. The summed E-state index contributed by atoms with van der Waals surface area (Å²) in [6.07, 6.45) is 0.816. The van der Waals surface area contributed by atoms with Crippen LogP contribution in [0, 0.1) is 0 Å². The van der Waals surface area contributed by atoms with E-state index >= 15 is 0 Å². The van der Waals surface area contributed by atoms with E-state index in [-0.39, 0.29) is 24.4 Å². The van der Waals surface area contributed by atoms with Gasteiger partial charge < -0.3 is 10.2 Å². The molecule has 1 atom stereocenters. The number of carbonyl (C=O) groups excluding carboxylic acids is 2. The Labute approximate surface area is 131 Å². The highest BCUT2D eigenvalue weighted by Gasteiger charge is 2.23. The number of amides is 2. The van der Waals surface area contributed by atoms with Crippen molar-refractivity contribution in [1.29, 1.82) is 0 Å². The highest BCUT2D eigenvalue weighted by molar-refractivity contribution is 9.10. The smallest absolute Gasteiger partial charge is 0.240 e. The molecule has 1 aliphatic rings. The highest BCUT2D eigenvalue weighted by atomic mass is 79.9. The summed E-state index contributed by atoms with van der Waals surface area (Å²) in [7, 11) is 0. The van der Waals surface area contributed by atoms with E-state index in [2.05, 4.69) is 21.2 Å². The van der Waals surface area contributed by atoms with Crippen molar-refractivity contribution in [2.45, 2.75) is 19.4 Å². The van der Waals surface area contributed by atoms with Crippen LogP contribution in [0.4, 0.5) is 0 Å². The van der Waals surface area contributed by atoms with Crippen LogP contribution in [0.15, 0.2) is 28.7 Å². The second-order valence-electron chi connectivity index (χ2n) is 4.65. The lowest BCUT2D eigenvalue weighted by Crippen LogP contribution is -2.39. The topological polar surface area (TPSA) is 49.4 Å². The highest BCUT2D eigenvalue weighted by Crippen LogP contribution is 2.20. The molecule has 108 valence electrons. The molecule has 0 spiro atoms. The molecule has 1 fully saturated rings. The molecular weight excluding hydrogens is 340 g/mol. The summed E-state index contributed by atoms with van der Waals surface area (Å²) in [5, 5.41) is 2.99. The number of rotatable bonds is 5. The van der Waals surface area contributed by atoms with E-state index in [0.717, 1.165) is 16.5 Å². The fourth-order valence-corrected chi connectivity index (χ4v) is 3.24. The van der Waals surface area contributed by atoms with Crippen LogP contribution in [0.25, 0.3) is 0 Å². The van der Waals surface area contributed by atoms with Crippen LogP contribution in [0.3, 0.4) is 0 Å². The van der Waals surface area contributed by atoms with E-state index in [1.165, 1.54) is 0 Å². The maximum absolute atomic E-state index is 12.0. The quantitative estimate of drug-likeness (QED) is 0.881. The Morgan fingerprint density at radius 1 is 1.45 bits per heavy atom. The maximum Gasteiger partial charge on any atom is 0.240 e. The Bertz CT molecular complexity index is 492. The zero-order chi connectivity index (χ0) is 14.5. The van der Waals surface area contributed by atoms with Crippen LogP contribution in [-0.2, 0) is 9.59 Å². The Kier molecular flexibility index (Phi) is 5.48. The van der Waals surface area contributed by atoms with Crippen molar-refractivity contribution >= 4 is 39.5 Å². The zero-order valence-corrected chi connectivity index (χ0v) is 13.7. The van der Waals surface area contributed by atoms with Crippen LogP contribution < -0.4 is 5.32 Å². The van der Waals surface area contributed by atoms with Crippen molar-refractivity contribution in [3.05, 3.63) is 34.3 Å². The minimum atomic E-state index is -0.101. The molecule has 1 unspecified atom stereocenters. The molecule has 0 bridgehead atoms. The van der Waals surface area contributed by atoms with Crippen molar-refractivity contribution in [2.24, 2.45) is 0 Å². The molecule has 0 radical (unpaired) electrons. The lowest BCUT2D eigenvalue weighted by atomic mass is 10.0. The SMILES string of the molecule is CCC(NC(=O)CN1CSCC1=O)c1ccc(Br)cc1. The van der Waals surface area contributed by atoms with Crippen molar-refractivity contribution < 1.29 is 9.59 Å². The third-order valence-electron chi connectivity index (χ3n) is 3.18. The van der Waals surface area contributed by atoms with E-state index in [1.54, 1.807) is 16.7 Å². The average Bonchev–Trinajstić information content (AvgIpc) is 2.83. The number of benzene rings is 1. The molecule has 6 heteroatoms. The largest absolute Gasteiger partial charge is 0.348 e. The van der Waals surface area contributed by atoms with Crippen molar-refractivity contribution in [3.8, 4) is 0 Å². The molecule has 0 saturated carbocycles. The van der Waals surface area contributed by atoms with Gasteiger partial charge in [0.2, 0.25) is 11.8 Å². The van der Waals surface area contributed by atoms with E-state index in [0.29, 0.717) is 11.6 Å².